The van der Waals surface area contributed by atoms with E-state index in [2.05, 4.69) is 10.4 Å². The summed E-state index contributed by atoms with van der Waals surface area (Å²) in [6, 6.07) is 8.50. The predicted octanol–water partition coefficient (Wildman–Crippen LogP) is 4.81. The second kappa shape index (κ2) is 10.2. The van der Waals surface area contributed by atoms with Crippen molar-refractivity contribution in [2.45, 2.75) is 38.0 Å². The van der Waals surface area contributed by atoms with Gasteiger partial charge in [0.25, 0.3) is 5.91 Å². The van der Waals surface area contributed by atoms with Crippen LogP contribution < -0.4 is 10.1 Å². The van der Waals surface area contributed by atoms with Crippen LogP contribution in [0.25, 0.3) is 0 Å². The predicted molar refractivity (Wildman–Crippen MR) is 114 cm³/mol. The lowest BCUT2D eigenvalue weighted by molar-refractivity contribution is -0.137. The molecule has 3 aromatic rings. The van der Waals surface area contributed by atoms with E-state index < -0.39 is 59.7 Å². The lowest BCUT2D eigenvalue weighted by Gasteiger charge is -2.16. The van der Waals surface area contributed by atoms with Gasteiger partial charge in [0.15, 0.2) is 6.29 Å². The maximum Gasteiger partial charge on any atom is 0.416 e. The normalized spacial score (nSPS) is 13.1. The number of amides is 1. The van der Waals surface area contributed by atoms with E-state index in [-0.39, 0.29) is 11.3 Å². The van der Waals surface area contributed by atoms with Crippen molar-refractivity contribution in [2.75, 3.05) is 0 Å². The molecule has 0 bridgehead atoms. The van der Waals surface area contributed by atoms with E-state index in [4.69, 9.17) is 4.74 Å². The van der Waals surface area contributed by atoms with Crippen molar-refractivity contribution in [1.82, 2.24) is 15.1 Å². The molecule has 1 heterocycles. The Morgan fingerprint density at radius 1 is 1.00 bits per heavy atom. The maximum absolute atomic E-state index is 13.2. The highest BCUT2D eigenvalue weighted by molar-refractivity contribution is 5.98. The number of nitrogens with one attached hydrogen (secondary N) is 1. The van der Waals surface area contributed by atoms with Gasteiger partial charge < -0.3 is 20.3 Å². The van der Waals surface area contributed by atoms with E-state index in [1.165, 1.54) is 31.3 Å². The van der Waals surface area contributed by atoms with Crippen LogP contribution in [-0.4, -0.2) is 32.1 Å². The molecule has 1 amide bonds. The van der Waals surface area contributed by atoms with Crippen LogP contribution in [0.4, 0.5) is 26.3 Å². The molecule has 0 radical (unpaired) electrons. The van der Waals surface area contributed by atoms with Crippen LogP contribution in [0.5, 0.6) is 11.6 Å². The van der Waals surface area contributed by atoms with E-state index >= 15 is 0 Å². The zero-order valence-electron chi connectivity index (χ0n) is 18.9. The number of alkyl halides is 6. The molecule has 0 saturated heterocycles. The average Bonchev–Trinajstić information content (AvgIpc) is 3.06. The third kappa shape index (κ3) is 6.55. The second-order valence-electron chi connectivity index (χ2n) is 7.90. The second-order valence-corrected chi connectivity index (χ2v) is 7.90. The Bertz CT molecular complexity index is 1200. The van der Waals surface area contributed by atoms with Crippen LogP contribution in [0.2, 0.25) is 0 Å². The lowest BCUT2D eigenvalue weighted by atomic mass is 10.0. The quantitative estimate of drug-likeness (QED) is 0.309. The molecular formula is C23H21F6N3O4. The Balaban J connectivity index is 1.92. The van der Waals surface area contributed by atoms with Gasteiger partial charge in [0.1, 0.15) is 11.3 Å². The van der Waals surface area contributed by atoms with E-state index in [9.17, 15) is 41.4 Å². The van der Waals surface area contributed by atoms with E-state index in [0.717, 1.165) is 28.9 Å². The summed E-state index contributed by atoms with van der Waals surface area (Å²) in [5.74, 6) is -1.50. The van der Waals surface area contributed by atoms with Crippen molar-refractivity contribution in [1.29, 1.82) is 0 Å². The molecule has 1 atom stereocenters. The number of carbonyl (C=O) groups excluding carboxylic acids is 1. The summed E-state index contributed by atoms with van der Waals surface area (Å²) in [5, 5.41) is 24.7. The number of rotatable bonds is 7. The molecule has 1 aromatic heterocycles. The third-order valence-electron chi connectivity index (χ3n) is 5.14. The molecular weight excluding hydrogens is 496 g/mol. The van der Waals surface area contributed by atoms with E-state index in [1.54, 1.807) is 6.92 Å². The Kier molecular flexibility index (Phi) is 7.65. The zero-order chi connectivity index (χ0) is 26.8. The first-order chi connectivity index (χ1) is 16.7. The summed E-state index contributed by atoms with van der Waals surface area (Å²) in [6.45, 7) is 1.55. The molecule has 0 aliphatic rings. The van der Waals surface area contributed by atoms with Gasteiger partial charge in [-0.1, -0.05) is 24.3 Å². The minimum absolute atomic E-state index is 0.148. The number of aliphatic hydroxyl groups excluding tert-OH is 1. The Hall–Kier alpha value is -3.58. The van der Waals surface area contributed by atoms with Crippen LogP contribution in [0.3, 0.4) is 0 Å². The third-order valence-corrected chi connectivity index (χ3v) is 5.14. The molecule has 0 aliphatic carbocycles. The highest BCUT2D eigenvalue weighted by Gasteiger charge is 2.35. The van der Waals surface area contributed by atoms with Gasteiger partial charge in [0.2, 0.25) is 5.88 Å². The van der Waals surface area contributed by atoms with Gasteiger partial charge in [0, 0.05) is 12.6 Å². The summed E-state index contributed by atoms with van der Waals surface area (Å²) in [6.07, 6.45) is -12.5. The van der Waals surface area contributed by atoms with Gasteiger partial charge in [-0.15, -0.1) is 0 Å². The number of nitrogens with zero attached hydrogens (tertiary/aromatic N) is 2. The molecule has 2 aromatic carbocycles. The molecule has 0 saturated carbocycles. The van der Waals surface area contributed by atoms with Crippen LogP contribution >= 0.6 is 0 Å². The number of hydrogen-bond acceptors (Lipinski definition) is 5. The van der Waals surface area contributed by atoms with Gasteiger partial charge >= 0.3 is 12.4 Å². The summed E-state index contributed by atoms with van der Waals surface area (Å²) < 4.78 is 84.4. The number of aromatic nitrogens is 2. The number of ether oxygens (including phenoxy) is 1. The van der Waals surface area contributed by atoms with Crippen LogP contribution in [0, 0.1) is 0 Å². The summed E-state index contributed by atoms with van der Waals surface area (Å²) in [7, 11) is 1.23. The van der Waals surface area contributed by atoms with E-state index in [1.807, 2.05) is 0 Å². The molecule has 36 heavy (non-hydrogen) atoms. The molecule has 194 valence electrons. The molecule has 0 fully saturated rings. The molecule has 0 spiro atoms. The highest BCUT2D eigenvalue weighted by atomic mass is 19.4. The first kappa shape index (κ1) is 27.0. The van der Waals surface area contributed by atoms with Crippen molar-refractivity contribution in [3.8, 4) is 11.6 Å². The van der Waals surface area contributed by atoms with Crippen LogP contribution in [0.1, 0.15) is 52.0 Å². The number of benzene rings is 2. The highest BCUT2D eigenvalue weighted by Crippen LogP contribution is 2.34. The smallest absolute Gasteiger partial charge is 0.416 e. The molecule has 3 N–H and O–H groups in total. The average molecular weight is 517 g/mol. The van der Waals surface area contributed by atoms with Crippen LogP contribution in [0.15, 0.2) is 48.5 Å². The standard InChI is InChI=1S/C23H21F6N3O4/c1-12(13-3-5-14(6-4-13)21(34)35)30-19(33)18-17(11-22(24,25)26)31-32(2)20(18)36-16-9-7-15(8-10-16)23(27,28)29/h3-10,12,21,34-35H,11H2,1-2H3,(H,30,33). The minimum atomic E-state index is -4.71. The molecule has 13 heteroatoms. The fourth-order valence-corrected chi connectivity index (χ4v) is 3.35. The zero-order valence-corrected chi connectivity index (χ0v) is 18.9. The minimum Gasteiger partial charge on any atom is -0.438 e. The Labute approximate surface area is 200 Å². The van der Waals surface area contributed by atoms with E-state index in [0.29, 0.717) is 5.56 Å². The van der Waals surface area contributed by atoms with Gasteiger partial charge in [-0.05, 0) is 36.8 Å². The van der Waals surface area contributed by atoms with Crippen molar-refractivity contribution in [3.05, 3.63) is 76.5 Å². The molecule has 0 aliphatic heterocycles. The number of aliphatic hydroxyl groups is 2. The largest absolute Gasteiger partial charge is 0.438 e. The van der Waals surface area contributed by atoms with Crippen molar-refractivity contribution < 1.29 is 46.1 Å². The first-order valence-corrected chi connectivity index (χ1v) is 10.4. The maximum atomic E-state index is 13.2. The fraction of sp³-hybridized carbons (Fsp3) is 0.304. The molecule has 1 unspecified atom stereocenters. The fourth-order valence-electron chi connectivity index (χ4n) is 3.35. The van der Waals surface area contributed by atoms with Gasteiger partial charge in [-0.25, -0.2) is 4.68 Å². The number of halogens is 6. The molecule has 7 nitrogen and oxygen atoms in total. The number of aryl methyl sites for hydroxylation is 1. The Morgan fingerprint density at radius 2 is 1.56 bits per heavy atom. The summed E-state index contributed by atoms with van der Waals surface area (Å²) >= 11 is 0. The monoisotopic (exact) mass is 517 g/mol. The number of carbonyl (C=O) groups is 1. The van der Waals surface area contributed by atoms with Crippen molar-refractivity contribution in [3.63, 3.8) is 0 Å². The summed E-state index contributed by atoms with van der Waals surface area (Å²) in [4.78, 5) is 13.1. The Morgan fingerprint density at radius 3 is 2.06 bits per heavy atom. The summed E-state index contributed by atoms with van der Waals surface area (Å²) in [5.41, 5.74) is -1.40. The SMILES string of the molecule is CC(NC(=O)c1c(CC(F)(F)F)nn(C)c1Oc1ccc(C(F)(F)F)cc1)c1ccc(C(O)O)cc1. The van der Waals surface area contributed by atoms with Gasteiger partial charge in [-0.3, -0.25) is 4.79 Å². The number of hydrogen-bond donors (Lipinski definition) is 3. The topological polar surface area (TPSA) is 96.6 Å². The molecule has 3 rings (SSSR count). The van der Waals surface area contributed by atoms with Crippen molar-refractivity contribution in [2.24, 2.45) is 7.05 Å². The van der Waals surface area contributed by atoms with Crippen LogP contribution in [-0.2, 0) is 19.6 Å². The van der Waals surface area contributed by atoms with Gasteiger partial charge in [-0.2, -0.15) is 31.4 Å². The first-order valence-electron chi connectivity index (χ1n) is 10.4. The lowest BCUT2D eigenvalue weighted by Crippen LogP contribution is -2.28. The van der Waals surface area contributed by atoms with Gasteiger partial charge in [0.05, 0.1) is 23.7 Å². The van der Waals surface area contributed by atoms with Crippen molar-refractivity contribution >= 4 is 5.91 Å².